The molecule has 106 valence electrons. The van der Waals surface area contributed by atoms with Crippen molar-refractivity contribution in [1.82, 2.24) is 4.90 Å². The molecule has 1 saturated heterocycles. The number of likely N-dealkylation sites (tertiary alicyclic amines) is 1. The summed E-state index contributed by atoms with van der Waals surface area (Å²) < 4.78 is 5.38. The number of ether oxygens (including phenoxy) is 1. The van der Waals surface area contributed by atoms with Gasteiger partial charge in [0.05, 0.1) is 0 Å². The van der Waals surface area contributed by atoms with Crippen LogP contribution in [0.5, 0.6) is 0 Å². The van der Waals surface area contributed by atoms with E-state index < -0.39 is 5.60 Å². The van der Waals surface area contributed by atoms with E-state index in [1.807, 2.05) is 20.8 Å². The van der Waals surface area contributed by atoms with Crippen molar-refractivity contribution in [3.05, 3.63) is 0 Å². The zero-order chi connectivity index (χ0) is 13.9. The molecule has 4 nitrogen and oxygen atoms in total. The highest BCUT2D eigenvalue weighted by molar-refractivity contribution is 5.68. The summed E-state index contributed by atoms with van der Waals surface area (Å²) in [5.74, 6) is 0.918. The van der Waals surface area contributed by atoms with Crippen molar-refractivity contribution in [1.29, 1.82) is 0 Å². The van der Waals surface area contributed by atoms with Gasteiger partial charge in [-0.15, -0.1) is 0 Å². The smallest absolute Gasteiger partial charge is 0.410 e. The quantitative estimate of drug-likeness (QED) is 0.844. The van der Waals surface area contributed by atoms with E-state index in [4.69, 9.17) is 10.5 Å². The second-order valence-corrected chi connectivity index (χ2v) is 6.44. The number of nitrogens with two attached hydrogens (primary N) is 1. The molecule has 0 spiro atoms. The van der Waals surface area contributed by atoms with Crippen LogP contribution < -0.4 is 5.73 Å². The molecular formula is C14H28N2O2. The fourth-order valence-corrected chi connectivity index (χ4v) is 2.33. The number of rotatable bonds is 3. The van der Waals surface area contributed by atoms with Crippen molar-refractivity contribution in [2.75, 3.05) is 13.1 Å². The second kappa shape index (κ2) is 5.91. The van der Waals surface area contributed by atoms with Gasteiger partial charge in [-0.1, -0.05) is 20.3 Å². The largest absolute Gasteiger partial charge is 0.444 e. The topological polar surface area (TPSA) is 55.6 Å². The highest BCUT2D eigenvalue weighted by Crippen LogP contribution is 2.25. The Hall–Kier alpha value is -0.770. The van der Waals surface area contributed by atoms with Crippen molar-refractivity contribution in [3.63, 3.8) is 0 Å². The maximum absolute atomic E-state index is 11.9. The lowest BCUT2D eigenvalue weighted by Crippen LogP contribution is -2.40. The molecule has 0 bridgehead atoms. The average Bonchev–Trinajstić information content (AvgIpc) is 2.73. The van der Waals surface area contributed by atoms with Gasteiger partial charge in [-0.05, 0) is 39.0 Å². The van der Waals surface area contributed by atoms with E-state index in [1.165, 1.54) is 0 Å². The SMILES string of the molecule is CCC(C)C(N)C1CCN(C(=O)OC(C)(C)C)C1. The maximum Gasteiger partial charge on any atom is 0.410 e. The lowest BCUT2D eigenvalue weighted by molar-refractivity contribution is 0.0285. The Balaban J connectivity index is 2.48. The lowest BCUT2D eigenvalue weighted by atomic mass is 9.88. The first-order valence-corrected chi connectivity index (χ1v) is 6.98. The second-order valence-electron chi connectivity index (χ2n) is 6.44. The molecule has 1 fully saturated rings. The molecular weight excluding hydrogens is 228 g/mol. The number of nitrogens with zero attached hydrogens (tertiary/aromatic N) is 1. The molecule has 1 aliphatic heterocycles. The number of carbonyl (C=O) groups excluding carboxylic acids is 1. The highest BCUT2D eigenvalue weighted by Gasteiger charge is 2.33. The number of amides is 1. The highest BCUT2D eigenvalue weighted by atomic mass is 16.6. The van der Waals surface area contributed by atoms with Crippen molar-refractivity contribution >= 4 is 6.09 Å². The first-order chi connectivity index (χ1) is 8.24. The standard InChI is InChI=1S/C14H28N2O2/c1-6-10(2)12(15)11-7-8-16(9-11)13(17)18-14(3,4)5/h10-12H,6-9,15H2,1-5H3. The summed E-state index contributed by atoms with van der Waals surface area (Å²) in [6, 6.07) is 0.183. The average molecular weight is 256 g/mol. The Morgan fingerprint density at radius 2 is 2.11 bits per heavy atom. The van der Waals surface area contributed by atoms with Gasteiger partial charge in [-0.2, -0.15) is 0 Å². The Morgan fingerprint density at radius 3 is 2.61 bits per heavy atom. The van der Waals surface area contributed by atoms with Crippen LogP contribution in [0.25, 0.3) is 0 Å². The molecule has 3 unspecified atom stereocenters. The van der Waals surface area contributed by atoms with Crippen LogP contribution in [-0.4, -0.2) is 35.7 Å². The van der Waals surface area contributed by atoms with Crippen molar-refractivity contribution < 1.29 is 9.53 Å². The molecule has 1 rings (SSSR count). The molecule has 0 aromatic heterocycles. The van der Waals surface area contributed by atoms with Crippen LogP contribution in [0.2, 0.25) is 0 Å². The molecule has 0 aromatic rings. The summed E-state index contributed by atoms with van der Waals surface area (Å²) in [5, 5.41) is 0. The fourth-order valence-electron chi connectivity index (χ4n) is 2.33. The Bertz CT molecular complexity index is 286. The van der Waals surface area contributed by atoms with Gasteiger partial charge in [0, 0.05) is 19.1 Å². The third-order valence-electron chi connectivity index (χ3n) is 3.72. The number of hydrogen-bond donors (Lipinski definition) is 1. The van der Waals surface area contributed by atoms with Gasteiger partial charge in [0.15, 0.2) is 0 Å². The summed E-state index contributed by atoms with van der Waals surface area (Å²) in [4.78, 5) is 13.7. The minimum Gasteiger partial charge on any atom is -0.444 e. The molecule has 18 heavy (non-hydrogen) atoms. The van der Waals surface area contributed by atoms with E-state index in [1.54, 1.807) is 4.90 Å². The van der Waals surface area contributed by atoms with Crippen LogP contribution >= 0.6 is 0 Å². The molecule has 0 aliphatic carbocycles. The van der Waals surface area contributed by atoms with Crippen LogP contribution in [0.1, 0.15) is 47.5 Å². The maximum atomic E-state index is 11.9. The molecule has 0 aromatic carbocycles. The Morgan fingerprint density at radius 1 is 1.50 bits per heavy atom. The Labute approximate surface area is 111 Å². The lowest BCUT2D eigenvalue weighted by Gasteiger charge is -2.26. The number of hydrogen-bond acceptors (Lipinski definition) is 3. The Kier molecular flexibility index (Phi) is 5.02. The predicted octanol–water partition coefficient (Wildman–Crippen LogP) is 2.62. The van der Waals surface area contributed by atoms with E-state index in [0.717, 1.165) is 25.9 Å². The molecule has 3 atom stereocenters. The van der Waals surface area contributed by atoms with Crippen molar-refractivity contribution in [2.24, 2.45) is 17.6 Å². The third kappa shape index (κ3) is 4.16. The van der Waals surface area contributed by atoms with E-state index in [-0.39, 0.29) is 12.1 Å². The van der Waals surface area contributed by atoms with Gasteiger partial charge in [-0.3, -0.25) is 0 Å². The van der Waals surface area contributed by atoms with Gasteiger partial charge in [-0.25, -0.2) is 4.79 Å². The molecule has 1 heterocycles. The summed E-state index contributed by atoms with van der Waals surface area (Å²) in [6.07, 6.45) is 1.87. The summed E-state index contributed by atoms with van der Waals surface area (Å²) >= 11 is 0. The van der Waals surface area contributed by atoms with Gasteiger partial charge < -0.3 is 15.4 Å². The minimum atomic E-state index is -0.423. The molecule has 0 saturated carbocycles. The fraction of sp³-hybridized carbons (Fsp3) is 0.929. The summed E-state index contributed by atoms with van der Waals surface area (Å²) in [6.45, 7) is 11.5. The predicted molar refractivity (Wildman–Crippen MR) is 73.3 cm³/mol. The normalized spacial score (nSPS) is 23.9. The zero-order valence-corrected chi connectivity index (χ0v) is 12.4. The van der Waals surface area contributed by atoms with Crippen molar-refractivity contribution in [3.8, 4) is 0 Å². The van der Waals surface area contributed by atoms with Crippen molar-refractivity contribution in [2.45, 2.75) is 59.1 Å². The van der Waals surface area contributed by atoms with Gasteiger partial charge >= 0.3 is 6.09 Å². The minimum absolute atomic E-state index is 0.183. The van der Waals surface area contributed by atoms with Crippen LogP contribution in [0, 0.1) is 11.8 Å². The number of carbonyl (C=O) groups is 1. The van der Waals surface area contributed by atoms with Crippen LogP contribution in [-0.2, 0) is 4.74 Å². The first-order valence-electron chi connectivity index (χ1n) is 6.98. The summed E-state index contributed by atoms with van der Waals surface area (Å²) in [7, 11) is 0. The van der Waals surface area contributed by atoms with Crippen LogP contribution in [0.15, 0.2) is 0 Å². The van der Waals surface area contributed by atoms with E-state index in [0.29, 0.717) is 11.8 Å². The zero-order valence-electron chi connectivity index (χ0n) is 12.4. The van der Waals surface area contributed by atoms with E-state index >= 15 is 0 Å². The first kappa shape index (κ1) is 15.3. The summed E-state index contributed by atoms with van der Waals surface area (Å²) in [5.41, 5.74) is 5.82. The van der Waals surface area contributed by atoms with Crippen LogP contribution in [0.4, 0.5) is 4.79 Å². The van der Waals surface area contributed by atoms with E-state index in [9.17, 15) is 4.79 Å². The third-order valence-corrected chi connectivity index (χ3v) is 3.72. The molecule has 1 amide bonds. The molecule has 2 N–H and O–H groups in total. The van der Waals surface area contributed by atoms with Gasteiger partial charge in [0.25, 0.3) is 0 Å². The molecule has 1 aliphatic rings. The van der Waals surface area contributed by atoms with Gasteiger partial charge in [0.1, 0.15) is 5.60 Å². The molecule has 0 radical (unpaired) electrons. The monoisotopic (exact) mass is 256 g/mol. The van der Waals surface area contributed by atoms with Gasteiger partial charge in [0.2, 0.25) is 0 Å². The van der Waals surface area contributed by atoms with Crippen LogP contribution in [0.3, 0.4) is 0 Å². The molecule has 4 heteroatoms. The van der Waals surface area contributed by atoms with E-state index in [2.05, 4.69) is 13.8 Å².